The number of hydrogen-bond donors (Lipinski definition) is 1. The summed E-state index contributed by atoms with van der Waals surface area (Å²) in [5.41, 5.74) is 3.98. The van der Waals surface area contributed by atoms with Crippen molar-refractivity contribution in [1.29, 1.82) is 0 Å². The first-order chi connectivity index (χ1) is 13.8. The third-order valence-electron chi connectivity index (χ3n) is 5.24. The number of ether oxygens (including phenoxy) is 1. The molecule has 144 valence electrons. The van der Waals surface area contributed by atoms with Gasteiger partial charge in [-0.1, -0.05) is 13.0 Å². The van der Waals surface area contributed by atoms with E-state index in [1.807, 2.05) is 33.7 Å². The Morgan fingerprint density at radius 2 is 2.14 bits per heavy atom. The summed E-state index contributed by atoms with van der Waals surface area (Å²) in [6.07, 6.45) is 8.23. The van der Waals surface area contributed by atoms with Gasteiger partial charge < -0.3 is 10.1 Å². The van der Waals surface area contributed by atoms with Crippen molar-refractivity contribution in [2.24, 2.45) is 0 Å². The van der Waals surface area contributed by atoms with Crippen molar-refractivity contribution in [2.75, 3.05) is 18.5 Å². The molecule has 0 saturated carbocycles. The molecule has 28 heavy (non-hydrogen) atoms. The maximum absolute atomic E-state index is 5.91. The summed E-state index contributed by atoms with van der Waals surface area (Å²) >= 11 is 0. The van der Waals surface area contributed by atoms with Crippen molar-refractivity contribution in [3.05, 3.63) is 42.7 Å². The molecular formula is C21H24N6O. The van der Waals surface area contributed by atoms with Crippen LogP contribution in [0, 0.1) is 0 Å². The van der Waals surface area contributed by atoms with Crippen molar-refractivity contribution in [1.82, 2.24) is 24.4 Å². The maximum Gasteiger partial charge on any atom is 0.154 e. The van der Waals surface area contributed by atoms with Crippen molar-refractivity contribution in [3.8, 4) is 11.3 Å². The van der Waals surface area contributed by atoms with E-state index in [9.17, 15) is 0 Å². The molecule has 1 aliphatic heterocycles. The number of imidazole rings is 1. The zero-order chi connectivity index (χ0) is 18.9. The largest absolute Gasteiger partial charge is 0.369 e. The maximum atomic E-state index is 5.91. The van der Waals surface area contributed by atoms with Gasteiger partial charge in [-0.2, -0.15) is 5.10 Å². The van der Waals surface area contributed by atoms with Gasteiger partial charge in [-0.3, -0.25) is 0 Å². The molecule has 1 N–H and O–H groups in total. The second kappa shape index (κ2) is 7.24. The summed E-state index contributed by atoms with van der Waals surface area (Å²) in [5, 5.41) is 13.7. The summed E-state index contributed by atoms with van der Waals surface area (Å²) in [7, 11) is 0. The van der Waals surface area contributed by atoms with Crippen LogP contribution in [0.25, 0.3) is 27.8 Å². The summed E-state index contributed by atoms with van der Waals surface area (Å²) < 4.78 is 9.81. The molecule has 0 amide bonds. The molecule has 1 saturated heterocycles. The van der Waals surface area contributed by atoms with Gasteiger partial charge in [0.1, 0.15) is 5.82 Å². The summed E-state index contributed by atoms with van der Waals surface area (Å²) in [4.78, 5) is 4.51. The molecule has 1 unspecified atom stereocenters. The number of fused-ring (bicyclic) bond motifs is 2. The highest BCUT2D eigenvalue weighted by atomic mass is 16.5. The van der Waals surface area contributed by atoms with Crippen LogP contribution in [0.1, 0.15) is 38.8 Å². The number of nitrogens with zero attached hydrogens (tertiary/aromatic N) is 5. The molecule has 0 spiro atoms. The zero-order valence-electron chi connectivity index (χ0n) is 16.0. The van der Waals surface area contributed by atoms with E-state index < -0.39 is 0 Å². The fourth-order valence-corrected chi connectivity index (χ4v) is 3.78. The number of nitrogens with one attached hydrogen (secondary N) is 1. The number of rotatable bonds is 5. The summed E-state index contributed by atoms with van der Waals surface area (Å²) in [6.45, 7) is 3.85. The van der Waals surface area contributed by atoms with Crippen LogP contribution in [-0.4, -0.2) is 37.5 Å². The van der Waals surface area contributed by atoms with Crippen LogP contribution in [0.2, 0.25) is 0 Å². The predicted molar refractivity (Wildman–Crippen MR) is 109 cm³/mol. The first kappa shape index (κ1) is 17.2. The highest BCUT2D eigenvalue weighted by molar-refractivity contribution is 5.84. The van der Waals surface area contributed by atoms with Gasteiger partial charge in [0.15, 0.2) is 11.9 Å². The Morgan fingerprint density at radius 3 is 3.00 bits per heavy atom. The van der Waals surface area contributed by atoms with Crippen LogP contribution < -0.4 is 5.32 Å². The van der Waals surface area contributed by atoms with Gasteiger partial charge in [-0.15, -0.1) is 5.10 Å². The molecule has 1 atom stereocenters. The lowest BCUT2D eigenvalue weighted by molar-refractivity contribution is -0.0366. The smallest absolute Gasteiger partial charge is 0.154 e. The molecule has 1 aromatic carbocycles. The van der Waals surface area contributed by atoms with Crippen molar-refractivity contribution < 1.29 is 4.74 Å². The minimum Gasteiger partial charge on any atom is -0.369 e. The van der Waals surface area contributed by atoms with Gasteiger partial charge in [0, 0.05) is 24.1 Å². The Morgan fingerprint density at radius 1 is 1.18 bits per heavy atom. The van der Waals surface area contributed by atoms with Gasteiger partial charge in [-0.05, 0) is 49.9 Å². The topological polar surface area (TPSA) is 69.3 Å². The molecule has 1 fully saturated rings. The number of hydrogen-bond acceptors (Lipinski definition) is 5. The average molecular weight is 376 g/mol. The van der Waals surface area contributed by atoms with E-state index in [1.165, 1.54) is 6.42 Å². The molecule has 1 aliphatic rings. The van der Waals surface area contributed by atoms with Crippen LogP contribution in [0.3, 0.4) is 0 Å². The quantitative estimate of drug-likeness (QED) is 0.563. The van der Waals surface area contributed by atoms with E-state index in [-0.39, 0.29) is 6.23 Å². The lowest BCUT2D eigenvalue weighted by atomic mass is 10.1. The Kier molecular flexibility index (Phi) is 4.44. The molecule has 4 heterocycles. The zero-order valence-corrected chi connectivity index (χ0v) is 16.0. The SMILES string of the molecule is CCCNc1ccc2ncc(-c3ccc4c(cnn4C4CCCCO4)c3)n2n1. The van der Waals surface area contributed by atoms with Crippen molar-refractivity contribution in [2.45, 2.75) is 38.8 Å². The fraction of sp³-hybridized carbons (Fsp3) is 0.381. The minimum absolute atomic E-state index is 0.0433. The lowest BCUT2D eigenvalue weighted by Crippen LogP contribution is -2.18. The van der Waals surface area contributed by atoms with Crippen LogP contribution in [0.5, 0.6) is 0 Å². The number of benzene rings is 1. The normalized spacial score (nSPS) is 17.4. The van der Waals surface area contributed by atoms with Gasteiger partial charge in [0.05, 0.1) is 23.6 Å². The minimum atomic E-state index is 0.0433. The third kappa shape index (κ3) is 3.01. The molecule has 7 nitrogen and oxygen atoms in total. The standard InChI is InChI=1S/C21H24N6O/c1-2-10-22-19-8-9-20-23-14-18(26(20)25-19)15-6-7-17-16(12-15)13-24-27(17)21-5-3-4-11-28-21/h6-9,12-14,21H,2-5,10-11H2,1H3,(H,22,25). The van der Waals surface area contributed by atoms with E-state index >= 15 is 0 Å². The molecule has 0 radical (unpaired) electrons. The highest BCUT2D eigenvalue weighted by Gasteiger charge is 2.19. The van der Waals surface area contributed by atoms with E-state index in [0.29, 0.717) is 0 Å². The van der Waals surface area contributed by atoms with Crippen LogP contribution in [-0.2, 0) is 4.74 Å². The van der Waals surface area contributed by atoms with Crippen LogP contribution in [0.15, 0.2) is 42.7 Å². The van der Waals surface area contributed by atoms with E-state index in [4.69, 9.17) is 9.84 Å². The fourth-order valence-electron chi connectivity index (χ4n) is 3.78. The summed E-state index contributed by atoms with van der Waals surface area (Å²) in [6, 6.07) is 10.3. The van der Waals surface area contributed by atoms with E-state index in [2.05, 4.69) is 40.5 Å². The van der Waals surface area contributed by atoms with Crippen LogP contribution >= 0.6 is 0 Å². The van der Waals surface area contributed by atoms with Crippen molar-refractivity contribution >= 4 is 22.4 Å². The lowest BCUT2D eigenvalue weighted by Gasteiger charge is -2.23. The number of aromatic nitrogens is 5. The highest BCUT2D eigenvalue weighted by Crippen LogP contribution is 2.29. The van der Waals surface area contributed by atoms with E-state index in [1.54, 1.807) is 0 Å². The second-order valence-electron chi connectivity index (χ2n) is 7.24. The molecule has 0 bridgehead atoms. The Balaban J connectivity index is 1.52. The Labute approximate surface area is 163 Å². The monoisotopic (exact) mass is 376 g/mol. The molecule has 4 aromatic rings. The Hall–Kier alpha value is -2.93. The molecule has 5 rings (SSSR count). The second-order valence-corrected chi connectivity index (χ2v) is 7.24. The van der Waals surface area contributed by atoms with E-state index in [0.717, 1.165) is 66.0 Å². The predicted octanol–water partition coefficient (Wildman–Crippen LogP) is 4.27. The third-order valence-corrected chi connectivity index (χ3v) is 5.24. The number of anilines is 1. The van der Waals surface area contributed by atoms with Gasteiger partial charge in [0.2, 0.25) is 0 Å². The first-order valence-electron chi connectivity index (χ1n) is 10.0. The van der Waals surface area contributed by atoms with Gasteiger partial charge in [0.25, 0.3) is 0 Å². The molecule has 7 heteroatoms. The molecular weight excluding hydrogens is 352 g/mol. The summed E-state index contributed by atoms with van der Waals surface area (Å²) in [5.74, 6) is 0.858. The van der Waals surface area contributed by atoms with Crippen molar-refractivity contribution in [3.63, 3.8) is 0 Å². The molecule has 3 aromatic heterocycles. The van der Waals surface area contributed by atoms with Gasteiger partial charge >= 0.3 is 0 Å². The average Bonchev–Trinajstić information content (AvgIpc) is 3.36. The van der Waals surface area contributed by atoms with Crippen LogP contribution in [0.4, 0.5) is 5.82 Å². The molecule has 0 aliphatic carbocycles. The van der Waals surface area contributed by atoms with Gasteiger partial charge in [-0.25, -0.2) is 14.2 Å². The Bertz CT molecular complexity index is 1110. The first-order valence-corrected chi connectivity index (χ1v) is 10.0.